The van der Waals surface area contributed by atoms with Crippen LogP contribution >= 0.6 is 0 Å². The molecule has 2 aromatic heterocycles. The number of ether oxygens (including phenoxy) is 2. The van der Waals surface area contributed by atoms with Gasteiger partial charge >= 0.3 is 0 Å². The van der Waals surface area contributed by atoms with E-state index in [1.54, 1.807) is 23.4 Å². The summed E-state index contributed by atoms with van der Waals surface area (Å²) in [5.41, 5.74) is 2.50. The van der Waals surface area contributed by atoms with Crippen LogP contribution in [0, 0.1) is 11.7 Å². The Morgan fingerprint density at radius 1 is 1.02 bits per heavy atom. The van der Waals surface area contributed by atoms with E-state index < -0.39 is 11.9 Å². The van der Waals surface area contributed by atoms with Crippen molar-refractivity contribution in [3.8, 4) is 17.4 Å². The molecule has 7 rings (SSSR count). The van der Waals surface area contributed by atoms with Gasteiger partial charge in [-0.25, -0.2) is 9.37 Å². The average Bonchev–Trinajstić information content (AvgIpc) is 3.59. The second-order valence-electron chi connectivity index (χ2n) is 12.4. The van der Waals surface area contributed by atoms with Crippen molar-refractivity contribution in [2.75, 3.05) is 26.2 Å². The highest BCUT2D eigenvalue weighted by atomic mass is 19.1. The van der Waals surface area contributed by atoms with Crippen LogP contribution in [0.1, 0.15) is 55.6 Å². The second kappa shape index (κ2) is 12.8. The Balaban J connectivity index is 1.12. The topological polar surface area (TPSA) is 84.9 Å². The number of carbonyl (C=O) groups is 2. The van der Waals surface area contributed by atoms with Gasteiger partial charge in [-0.2, -0.15) is 0 Å². The Hall–Kier alpha value is -4.53. The number of fused-ring (bicyclic) bond motifs is 2. The van der Waals surface area contributed by atoms with Crippen molar-refractivity contribution in [3.05, 3.63) is 90.0 Å². The van der Waals surface area contributed by atoms with Crippen molar-refractivity contribution in [2.24, 2.45) is 5.92 Å². The van der Waals surface area contributed by atoms with E-state index >= 15 is 4.39 Å². The molecule has 1 saturated heterocycles. The van der Waals surface area contributed by atoms with E-state index in [0.29, 0.717) is 42.1 Å². The first-order valence-electron chi connectivity index (χ1n) is 16.0. The van der Waals surface area contributed by atoms with Gasteiger partial charge in [-0.3, -0.25) is 14.6 Å². The molecule has 4 heterocycles. The van der Waals surface area contributed by atoms with Crippen LogP contribution in [0.2, 0.25) is 0 Å². The molecule has 8 nitrogen and oxygen atoms in total. The van der Waals surface area contributed by atoms with E-state index in [1.807, 2.05) is 35.2 Å². The summed E-state index contributed by atoms with van der Waals surface area (Å²) in [6.07, 6.45) is 8.79. The maximum atomic E-state index is 15.1. The van der Waals surface area contributed by atoms with Crippen molar-refractivity contribution < 1.29 is 23.5 Å². The lowest BCUT2D eigenvalue weighted by molar-refractivity contribution is -0.145. The highest BCUT2D eigenvalue weighted by molar-refractivity contribution is 5.87. The molecule has 0 spiro atoms. The fourth-order valence-electron chi connectivity index (χ4n) is 6.72. The number of carbonyl (C=O) groups excluding carboxylic acids is 2. The summed E-state index contributed by atoms with van der Waals surface area (Å²) in [5.74, 6) is 0.462. The minimum atomic E-state index is -0.787. The zero-order valence-electron chi connectivity index (χ0n) is 25.2. The van der Waals surface area contributed by atoms with Gasteiger partial charge in [0.25, 0.3) is 5.91 Å². The highest BCUT2D eigenvalue weighted by Crippen LogP contribution is 2.41. The lowest BCUT2D eigenvalue weighted by Crippen LogP contribution is -2.50. The molecule has 45 heavy (non-hydrogen) atoms. The molecule has 1 aliphatic carbocycles. The van der Waals surface area contributed by atoms with Crippen LogP contribution in [-0.4, -0.2) is 63.9 Å². The number of nitrogens with zero attached hydrogens (tertiary/aromatic N) is 4. The maximum Gasteiger partial charge on any atom is 0.264 e. The molecule has 232 valence electrons. The minimum absolute atomic E-state index is 0.0201. The van der Waals surface area contributed by atoms with Gasteiger partial charge in [-0.1, -0.05) is 36.8 Å². The number of likely N-dealkylation sites (tertiary alicyclic amines) is 1. The van der Waals surface area contributed by atoms with Crippen LogP contribution in [0.5, 0.6) is 17.4 Å². The number of aromatic nitrogens is 2. The van der Waals surface area contributed by atoms with Crippen molar-refractivity contribution >= 4 is 22.7 Å². The number of hydrogen-bond donors (Lipinski definition) is 0. The summed E-state index contributed by atoms with van der Waals surface area (Å²) < 4.78 is 27.3. The van der Waals surface area contributed by atoms with E-state index in [9.17, 15) is 9.59 Å². The molecule has 0 radical (unpaired) electrons. The predicted octanol–water partition coefficient (Wildman–Crippen LogP) is 6.29. The smallest absolute Gasteiger partial charge is 0.264 e. The van der Waals surface area contributed by atoms with Gasteiger partial charge in [-0.15, -0.1) is 0 Å². The summed E-state index contributed by atoms with van der Waals surface area (Å²) in [6, 6.07) is 18.6. The van der Waals surface area contributed by atoms with Crippen molar-refractivity contribution in [1.29, 1.82) is 0 Å². The fourth-order valence-corrected chi connectivity index (χ4v) is 6.72. The molecule has 1 saturated carbocycles. The predicted molar refractivity (Wildman–Crippen MR) is 168 cm³/mol. The van der Waals surface area contributed by atoms with Gasteiger partial charge in [0.2, 0.25) is 11.8 Å². The van der Waals surface area contributed by atoms with Crippen molar-refractivity contribution in [1.82, 2.24) is 19.8 Å². The molecule has 2 aliphatic heterocycles. The first kappa shape index (κ1) is 29.2. The quantitative estimate of drug-likeness (QED) is 0.222. The van der Waals surface area contributed by atoms with Crippen LogP contribution in [-0.2, 0) is 16.0 Å². The third-order valence-corrected chi connectivity index (χ3v) is 9.48. The number of amides is 2. The number of rotatable bonds is 9. The van der Waals surface area contributed by atoms with Crippen LogP contribution in [0.25, 0.3) is 10.9 Å². The molecule has 0 bridgehead atoms. The van der Waals surface area contributed by atoms with Crippen molar-refractivity contribution in [3.63, 3.8) is 0 Å². The lowest BCUT2D eigenvalue weighted by Gasteiger charge is -2.39. The lowest BCUT2D eigenvalue weighted by atomic mass is 9.72. The Bertz CT molecular complexity index is 1690. The van der Waals surface area contributed by atoms with Crippen LogP contribution in [0.3, 0.4) is 0 Å². The molecule has 0 unspecified atom stereocenters. The molecular formula is C36H37FN4O4. The summed E-state index contributed by atoms with van der Waals surface area (Å²) in [6.45, 7) is 1.95. The number of hydrogen-bond acceptors (Lipinski definition) is 6. The number of aryl methyl sites for hydroxylation is 1. The van der Waals surface area contributed by atoms with Gasteiger partial charge in [-0.05, 0) is 73.8 Å². The van der Waals surface area contributed by atoms with Crippen LogP contribution < -0.4 is 9.47 Å². The third kappa shape index (κ3) is 6.34. The Morgan fingerprint density at radius 3 is 2.62 bits per heavy atom. The number of pyridine rings is 2. The molecule has 2 atom stereocenters. The first-order chi connectivity index (χ1) is 22.0. The van der Waals surface area contributed by atoms with Gasteiger partial charge in [0.15, 0.2) is 17.7 Å². The maximum absolute atomic E-state index is 15.1. The minimum Gasteiger partial charge on any atom is -0.480 e. The Kier molecular flexibility index (Phi) is 8.33. The number of halogens is 1. The SMILES string of the molecule is O=C(CN(C[C@@H](c1ccccc1)C1CCC1)C(=O)[C@@H]1CCc2cc(F)c(Oc3ccc4ccncc4n3)cc2O1)N1CCCC1. The Labute approximate surface area is 262 Å². The largest absolute Gasteiger partial charge is 0.480 e. The standard InChI is InChI=1S/C36H37FN4O4/c37-29-19-27-11-13-31(44-32(27)20-33(29)45-34-14-12-26-15-16-38-21-30(26)39-34)36(43)41(23-35(42)40-17-4-5-18-40)22-28(25-9-6-10-25)24-7-2-1-3-8-24/h1-3,7-8,12,14-16,19-21,25,28,31H,4-6,9-11,13,17-18,22-23H2/t28-,31-/m0/s1. The molecule has 2 amide bonds. The Morgan fingerprint density at radius 2 is 1.84 bits per heavy atom. The van der Waals surface area contributed by atoms with E-state index in [4.69, 9.17) is 9.47 Å². The molecule has 9 heteroatoms. The summed E-state index contributed by atoms with van der Waals surface area (Å²) >= 11 is 0. The third-order valence-electron chi connectivity index (χ3n) is 9.48. The first-order valence-corrected chi connectivity index (χ1v) is 16.0. The molecule has 0 N–H and O–H groups in total. The van der Waals surface area contributed by atoms with E-state index in [1.165, 1.54) is 24.1 Å². The fraction of sp³-hybridized carbons (Fsp3) is 0.389. The van der Waals surface area contributed by atoms with E-state index in [0.717, 1.165) is 44.2 Å². The second-order valence-corrected chi connectivity index (χ2v) is 12.4. The van der Waals surface area contributed by atoms with E-state index in [2.05, 4.69) is 22.1 Å². The summed E-state index contributed by atoms with van der Waals surface area (Å²) in [7, 11) is 0. The zero-order chi connectivity index (χ0) is 30.8. The summed E-state index contributed by atoms with van der Waals surface area (Å²) in [5, 5.41) is 0.896. The highest BCUT2D eigenvalue weighted by Gasteiger charge is 2.37. The molecule has 2 aromatic carbocycles. The zero-order valence-corrected chi connectivity index (χ0v) is 25.2. The van der Waals surface area contributed by atoms with Crippen molar-refractivity contribution in [2.45, 2.75) is 57.0 Å². The van der Waals surface area contributed by atoms with Gasteiger partial charge in [0.05, 0.1) is 18.3 Å². The monoisotopic (exact) mass is 608 g/mol. The van der Waals surface area contributed by atoms with Gasteiger partial charge in [0.1, 0.15) is 5.75 Å². The molecule has 2 fully saturated rings. The van der Waals surface area contributed by atoms with E-state index in [-0.39, 0.29) is 35.9 Å². The normalized spacial score (nSPS) is 18.5. The van der Waals surface area contributed by atoms with Crippen LogP contribution in [0.15, 0.2) is 73.1 Å². The molecular weight excluding hydrogens is 571 g/mol. The van der Waals surface area contributed by atoms with Crippen LogP contribution in [0.4, 0.5) is 4.39 Å². The molecule has 3 aliphatic rings. The average molecular weight is 609 g/mol. The van der Waals surface area contributed by atoms with Gasteiger partial charge in [0, 0.05) is 49.3 Å². The number of benzene rings is 2. The molecule has 4 aromatic rings. The van der Waals surface area contributed by atoms with Gasteiger partial charge < -0.3 is 19.3 Å². The summed E-state index contributed by atoms with van der Waals surface area (Å²) in [4.78, 5) is 39.7.